The first-order valence-corrected chi connectivity index (χ1v) is 6.04. The van der Waals surface area contributed by atoms with E-state index in [1.165, 1.54) is 0 Å². The Morgan fingerprint density at radius 3 is 2.68 bits per heavy atom. The lowest BCUT2D eigenvalue weighted by atomic mass is 10.1. The number of aromatic nitrogens is 1. The Labute approximate surface area is 120 Å². The van der Waals surface area contributed by atoms with Crippen LogP contribution < -0.4 is 10.6 Å². The number of piperidine rings is 1. The van der Waals surface area contributed by atoms with Gasteiger partial charge in [-0.25, -0.2) is 4.98 Å². The normalized spacial score (nSPS) is 19.7. The van der Waals surface area contributed by atoms with E-state index in [0.29, 0.717) is 5.82 Å². The molecular formula is C11H14Cl2F3N3. The van der Waals surface area contributed by atoms with Crippen LogP contribution in [0.15, 0.2) is 12.3 Å². The first-order valence-electron chi connectivity index (χ1n) is 5.67. The van der Waals surface area contributed by atoms with Gasteiger partial charge in [0.25, 0.3) is 0 Å². The lowest BCUT2D eigenvalue weighted by Gasteiger charge is -2.24. The van der Waals surface area contributed by atoms with Crippen LogP contribution in [0.4, 0.5) is 19.0 Å². The molecule has 0 radical (unpaired) electrons. The lowest BCUT2D eigenvalue weighted by molar-refractivity contribution is -0.137. The molecule has 8 heteroatoms. The molecule has 1 aliphatic rings. The van der Waals surface area contributed by atoms with Crippen molar-refractivity contribution in [3.8, 4) is 0 Å². The van der Waals surface area contributed by atoms with E-state index in [1.807, 2.05) is 0 Å². The monoisotopic (exact) mass is 315 g/mol. The summed E-state index contributed by atoms with van der Waals surface area (Å²) in [7, 11) is 0. The van der Waals surface area contributed by atoms with Crippen LogP contribution >= 0.6 is 24.0 Å². The standard InChI is InChI=1S/C11H13ClF3N3.ClH/c12-9-4-7(11(13,14)15)5-17-10(9)18-8-2-1-3-16-6-8;/h4-5,8,16H,1-3,6H2,(H,17,18);1H. The topological polar surface area (TPSA) is 37.0 Å². The highest BCUT2D eigenvalue weighted by molar-refractivity contribution is 6.33. The Hall–Kier alpha value is -0.720. The van der Waals surface area contributed by atoms with Crippen molar-refractivity contribution in [2.45, 2.75) is 25.1 Å². The molecule has 3 nitrogen and oxygen atoms in total. The van der Waals surface area contributed by atoms with Gasteiger partial charge in [-0.1, -0.05) is 11.6 Å². The molecule has 19 heavy (non-hydrogen) atoms. The van der Waals surface area contributed by atoms with Crippen LogP contribution in [0.2, 0.25) is 5.02 Å². The lowest BCUT2D eigenvalue weighted by Crippen LogP contribution is -2.38. The second-order valence-electron chi connectivity index (χ2n) is 4.24. The van der Waals surface area contributed by atoms with E-state index in [4.69, 9.17) is 11.6 Å². The SMILES string of the molecule is Cl.FC(F)(F)c1cnc(NC2CCCNC2)c(Cl)c1. The summed E-state index contributed by atoms with van der Waals surface area (Å²) in [5, 5.41) is 6.25. The molecule has 1 unspecified atom stereocenters. The molecule has 1 aromatic rings. The number of hydrogen-bond acceptors (Lipinski definition) is 3. The number of anilines is 1. The number of nitrogens with one attached hydrogen (secondary N) is 2. The Balaban J connectivity index is 0.00000180. The van der Waals surface area contributed by atoms with Crippen LogP contribution in [0.5, 0.6) is 0 Å². The fourth-order valence-electron chi connectivity index (χ4n) is 1.87. The zero-order valence-electron chi connectivity index (χ0n) is 9.93. The Kier molecular flexibility index (Phi) is 5.70. The molecule has 1 aliphatic heterocycles. The van der Waals surface area contributed by atoms with Crippen LogP contribution in [0.1, 0.15) is 18.4 Å². The number of nitrogens with zero attached hydrogens (tertiary/aromatic N) is 1. The van der Waals surface area contributed by atoms with Gasteiger partial charge in [0.2, 0.25) is 0 Å². The van der Waals surface area contributed by atoms with Crippen LogP contribution in [0, 0.1) is 0 Å². The maximum absolute atomic E-state index is 12.4. The van der Waals surface area contributed by atoms with Gasteiger partial charge in [0.05, 0.1) is 10.6 Å². The highest BCUT2D eigenvalue weighted by atomic mass is 35.5. The molecular weight excluding hydrogens is 302 g/mol. The van der Waals surface area contributed by atoms with Crippen molar-refractivity contribution in [3.05, 3.63) is 22.8 Å². The molecule has 0 spiro atoms. The third-order valence-corrected chi connectivity index (χ3v) is 3.09. The fourth-order valence-corrected chi connectivity index (χ4v) is 2.09. The summed E-state index contributed by atoms with van der Waals surface area (Å²) in [4.78, 5) is 3.75. The molecule has 108 valence electrons. The van der Waals surface area contributed by atoms with E-state index in [0.717, 1.165) is 38.2 Å². The molecule has 0 amide bonds. The summed E-state index contributed by atoms with van der Waals surface area (Å²) in [6, 6.07) is 1.05. The van der Waals surface area contributed by atoms with Crippen molar-refractivity contribution in [2.24, 2.45) is 0 Å². The van der Waals surface area contributed by atoms with Crippen molar-refractivity contribution < 1.29 is 13.2 Å². The highest BCUT2D eigenvalue weighted by Crippen LogP contribution is 2.32. The summed E-state index contributed by atoms with van der Waals surface area (Å²) in [6.07, 6.45) is -1.64. The first-order chi connectivity index (χ1) is 8.47. The summed E-state index contributed by atoms with van der Waals surface area (Å²) in [5.74, 6) is 0.304. The second kappa shape index (κ2) is 6.63. The molecule has 0 bridgehead atoms. The third kappa shape index (κ3) is 4.40. The smallest absolute Gasteiger partial charge is 0.365 e. The van der Waals surface area contributed by atoms with Gasteiger partial charge in [-0.2, -0.15) is 13.2 Å². The van der Waals surface area contributed by atoms with Gasteiger partial charge < -0.3 is 10.6 Å². The number of rotatable bonds is 2. The number of hydrogen-bond donors (Lipinski definition) is 2. The predicted octanol–water partition coefficient (Wildman–Crippen LogP) is 3.34. The molecule has 0 saturated carbocycles. The molecule has 1 saturated heterocycles. The van der Waals surface area contributed by atoms with E-state index >= 15 is 0 Å². The minimum absolute atomic E-state index is 0. The van der Waals surface area contributed by atoms with Gasteiger partial charge in [0.1, 0.15) is 5.82 Å². The van der Waals surface area contributed by atoms with E-state index in [2.05, 4.69) is 15.6 Å². The molecule has 2 N–H and O–H groups in total. The Morgan fingerprint density at radius 1 is 1.42 bits per heavy atom. The molecule has 1 aromatic heterocycles. The van der Waals surface area contributed by atoms with Gasteiger partial charge in [-0.3, -0.25) is 0 Å². The number of alkyl halides is 3. The Morgan fingerprint density at radius 2 is 2.16 bits per heavy atom. The van der Waals surface area contributed by atoms with Gasteiger partial charge in [-0.15, -0.1) is 12.4 Å². The van der Waals surface area contributed by atoms with Gasteiger partial charge in [0, 0.05) is 18.8 Å². The average Bonchev–Trinajstić information content (AvgIpc) is 2.32. The van der Waals surface area contributed by atoms with Crippen LogP contribution in [-0.2, 0) is 6.18 Å². The largest absolute Gasteiger partial charge is 0.417 e. The fraction of sp³-hybridized carbons (Fsp3) is 0.545. The summed E-state index contributed by atoms with van der Waals surface area (Å²) >= 11 is 5.81. The molecule has 0 aliphatic carbocycles. The van der Waals surface area contributed by atoms with E-state index in [-0.39, 0.29) is 23.5 Å². The van der Waals surface area contributed by atoms with Gasteiger partial charge in [0.15, 0.2) is 0 Å². The molecule has 1 fully saturated rings. The van der Waals surface area contributed by atoms with Crippen molar-refractivity contribution >= 4 is 29.8 Å². The maximum atomic E-state index is 12.4. The predicted molar refractivity (Wildman–Crippen MR) is 71.0 cm³/mol. The van der Waals surface area contributed by atoms with E-state index < -0.39 is 11.7 Å². The third-order valence-electron chi connectivity index (χ3n) is 2.81. The van der Waals surface area contributed by atoms with Crippen LogP contribution in [0.25, 0.3) is 0 Å². The van der Waals surface area contributed by atoms with Crippen LogP contribution in [0.3, 0.4) is 0 Å². The van der Waals surface area contributed by atoms with Crippen molar-refractivity contribution in [1.29, 1.82) is 0 Å². The minimum atomic E-state index is -4.42. The number of halogens is 5. The molecule has 2 rings (SSSR count). The van der Waals surface area contributed by atoms with Crippen LogP contribution in [-0.4, -0.2) is 24.1 Å². The first kappa shape index (κ1) is 16.3. The zero-order chi connectivity index (χ0) is 13.2. The molecule has 0 aromatic carbocycles. The number of pyridine rings is 1. The van der Waals surface area contributed by atoms with Gasteiger partial charge in [-0.05, 0) is 25.5 Å². The van der Waals surface area contributed by atoms with E-state index in [9.17, 15) is 13.2 Å². The summed E-state index contributed by atoms with van der Waals surface area (Å²) in [6.45, 7) is 1.73. The zero-order valence-corrected chi connectivity index (χ0v) is 11.5. The highest BCUT2D eigenvalue weighted by Gasteiger charge is 2.31. The summed E-state index contributed by atoms with van der Waals surface area (Å²) in [5.41, 5.74) is -0.834. The Bertz CT molecular complexity index is 420. The minimum Gasteiger partial charge on any atom is -0.365 e. The van der Waals surface area contributed by atoms with E-state index in [1.54, 1.807) is 0 Å². The quantitative estimate of drug-likeness (QED) is 0.879. The van der Waals surface area contributed by atoms with Crippen molar-refractivity contribution in [2.75, 3.05) is 18.4 Å². The van der Waals surface area contributed by atoms with Crippen molar-refractivity contribution in [1.82, 2.24) is 10.3 Å². The molecule has 1 atom stereocenters. The molecule has 2 heterocycles. The second-order valence-corrected chi connectivity index (χ2v) is 4.65. The maximum Gasteiger partial charge on any atom is 0.417 e. The van der Waals surface area contributed by atoms with Crippen molar-refractivity contribution in [3.63, 3.8) is 0 Å². The summed E-state index contributed by atoms with van der Waals surface area (Å²) < 4.78 is 37.3. The van der Waals surface area contributed by atoms with Gasteiger partial charge >= 0.3 is 6.18 Å². The average molecular weight is 316 g/mol.